The van der Waals surface area contributed by atoms with Crippen LogP contribution in [0.5, 0.6) is 0 Å². The lowest BCUT2D eigenvalue weighted by molar-refractivity contribution is 0.572. The van der Waals surface area contributed by atoms with Crippen LogP contribution >= 0.6 is 0 Å². The highest BCUT2D eigenvalue weighted by Gasteiger charge is 2.19. The van der Waals surface area contributed by atoms with E-state index < -0.39 is 0 Å². The fourth-order valence-electron chi connectivity index (χ4n) is 5.12. The molecule has 4 heterocycles. The first-order valence-electron chi connectivity index (χ1n) is 14.7. The SMILES string of the molecule is CCC(CCNCc1ccc(-n2c(-c3cccnc3N)nc3ccc(-c4ccc(F)cc4)nc32)cc1)Nc1ccnc(C#N)n1. The van der Waals surface area contributed by atoms with Crippen molar-refractivity contribution in [1.29, 1.82) is 5.26 Å². The van der Waals surface area contributed by atoms with Crippen molar-refractivity contribution in [2.24, 2.45) is 0 Å². The lowest BCUT2D eigenvalue weighted by Crippen LogP contribution is -2.26. The third kappa shape index (κ3) is 6.61. The molecule has 45 heavy (non-hydrogen) atoms. The van der Waals surface area contributed by atoms with E-state index in [1.807, 2.05) is 47.0 Å². The molecule has 0 bridgehead atoms. The quantitative estimate of drug-likeness (QED) is 0.155. The van der Waals surface area contributed by atoms with Crippen LogP contribution in [0.4, 0.5) is 16.0 Å². The summed E-state index contributed by atoms with van der Waals surface area (Å²) in [4.78, 5) is 22.3. The summed E-state index contributed by atoms with van der Waals surface area (Å²) in [5.74, 6) is 1.52. The first-order chi connectivity index (χ1) is 22.0. The largest absolute Gasteiger partial charge is 0.383 e. The summed E-state index contributed by atoms with van der Waals surface area (Å²) in [7, 11) is 0. The van der Waals surface area contributed by atoms with Crippen LogP contribution in [-0.2, 0) is 6.54 Å². The smallest absolute Gasteiger partial charge is 0.234 e. The van der Waals surface area contributed by atoms with Crippen molar-refractivity contribution in [3.05, 3.63) is 108 Å². The molecule has 0 spiro atoms. The summed E-state index contributed by atoms with van der Waals surface area (Å²) in [5.41, 5.74) is 11.9. The minimum Gasteiger partial charge on any atom is -0.383 e. The van der Waals surface area contributed by atoms with E-state index in [1.54, 1.807) is 30.6 Å². The molecule has 1 unspecified atom stereocenters. The molecular weight excluding hydrogens is 567 g/mol. The number of hydrogen-bond acceptors (Lipinski definition) is 9. The Hall–Kier alpha value is -5.73. The molecule has 0 aliphatic carbocycles. The van der Waals surface area contributed by atoms with E-state index in [1.165, 1.54) is 12.1 Å². The van der Waals surface area contributed by atoms with Gasteiger partial charge in [0, 0.05) is 36.2 Å². The first-order valence-corrected chi connectivity index (χ1v) is 14.7. The van der Waals surface area contributed by atoms with E-state index in [0.29, 0.717) is 46.4 Å². The van der Waals surface area contributed by atoms with Crippen molar-refractivity contribution >= 4 is 22.8 Å². The molecule has 10 nitrogen and oxygen atoms in total. The van der Waals surface area contributed by atoms with Crippen molar-refractivity contribution < 1.29 is 4.39 Å². The van der Waals surface area contributed by atoms with Gasteiger partial charge in [-0.25, -0.2) is 29.3 Å². The number of anilines is 2. The molecule has 0 radical (unpaired) electrons. The highest BCUT2D eigenvalue weighted by Crippen LogP contribution is 2.31. The molecule has 6 aromatic rings. The van der Waals surface area contributed by atoms with Crippen molar-refractivity contribution in [3.63, 3.8) is 0 Å². The maximum Gasteiger partial charge on any atom is 0.234 e. The minimum absolute atomic E-state index is 0.153. The summed E-state index contributed by atoms with van der Waals surface area (Å²) in [6, 6.07) is 26.0. The van der Waals surface area contributed by atoms with Crippen LogP contribution in [0.2, 0.25) is 0 Å². The zero-order chi connectivity index (χ0) is 31.2. The van der Waals surface area contributed by atoms with Gasteiger partial charge in [-0.15, -0.1) is 0 Å². The van der Waals surface area contributed by atoms with Gasteiger partial charge in [-0.3, -0.25) is 4.57 Å². The average molecular weight is 599 g/mol. The molecule has 224 valence electrons. The van der Waals surface area contributed by atoms with Crippen LogP contribution < -0.4 is 16.4 Å². The number of aromatic nitrogens is 6. The van der Waals surface area contributed by atoms with Crippen LogP contribution in [0, 0.1) is 17.1 Å². The first kappa shape index (κ1) is 29.3. The standard InChI is InChI=1S/C34H31FN10/c1-2-25(41-30-16-19-39-31(20-36)44-30)15-18-38-21-22-5-11-26(12-6-22)45-33(27-4-3-17-40-32(27)37)43-29-14-13-28(42-34(29)45)23-7-9-24(35)10-8-23/h3-14,16-17,19,25,38H,2,15,18,21H2,1H3,(H2,37,40)(H,39,41,44). The molecule has 1 atom stereocenters. The van der Waals surface area contributed by atoms with E-state index in [4.69, 9.17) is 21.0 Å². The van der Waals surface area contributed by atoms with Gasteiger partial charge in [-0.2, -0.15) is 5.26 Å². The fraction of sp³-hybridized carbons (Fsp3) is 0.176. The Kier molecular flexibility index (Phi) is 8.66. The highest BCUT2D eigenvalue weighted by molar-refractivity contribution is 5.84. The van der Waals surface area contributed by atoms with Gasteiger partial charge in [-0.1, -0.05) is 19.1 Å². The van der Waals surface area contributed by atoms with E-state index in [-0.39, 0.29) is 17.7 Å². The average Bonchev–Trinajstić information content (AvgIpc) is 3.45. The summed E-state index contributed by atoms with van der Waals surface area (Å²) in [6.07, 6.45) is 5.05. The van der Waals surface area contributed by atoms with E-state index in [2.05, 4.69) is 44.6 Å². The third-order valence-corrected chi connectivity index (χ3v) is 7.52. The maximum atomic E-state index is 13.6. The molecule has 0 aliphatic rings. The number of nitriles is 1. The monoisotopic (exact) mass is 598 g/mol. The number of benzene rings is 2. The third-order valence-electron chi connectivity index (χ3n) is 7.52. The Morgan fingerprint density at radius 3 is 2.51 bits per heavy atom. The van der Waals surface area contributed by atoms with Gasteiger partial charge in [-0.05, 0) is 91.7 Å². The molecule has 4 N–H and O–H groups in total. The second-order valence-corrected chi connectivity index (χ2v) is 10.5. The number of fused-ring (bicyclic) bond motifs is 1. The molecule has 0 aliphatic heterocycles. The van der Waals surface area contributed by atoms with Crippen LogP contribution in [0.3, 0.4) is 0 Å². The molecule has 6 rings (SSSR count). The van der Waals surface area contributed by atoms with Crippen molar-refractivity contribution in [1.82, 2.24) is 34.8 Å². The van der Waals surface area contributed by atoms with Crippen molar-refractivity contribution in [3.8, 4) is 34.4 Å². The Morgan fingerprint density at radius 2 is 1.76 bits per heavy atom. The number of rotatable bonds is 11. The molecule has 0 fully saturated rings. The van der Waals surface area contributed by atoms with Crippen LogP contribution in [0.1, 0.15) is 31.2 Å². The molecular formula is C34H31FN10. The summed E-state index contributed by atoms with van der Waals surface area (Å²) in [5, 5.41) is 16.0. The Morgan fingerprint density at radius 1 is 0.933 bits per heavy atom. The zero-order valence-electron chi connectivity index (χ0n) is 24.7. The van der Waals surface area contributed by atoms with Gasteiger partial charge >= 0.3 is 0 Å². The molecule has 0 amide bonds. The predicted octanol–water partition coefficient (Wildman–Crippen LogP) is 5.90. The van der Waals surface area contributed by atoms with E-state index in [9.17, 15) is 4.39 Å². The topological polar surface area (TPSA) is 143 Å². The van der Waals surface area contributed by atoms with Gasteiger partial charge in [0.15, 0.2) is 11.5 Å². The van der Waals surface area contributed by atoms with Gasteiger partial charge < -0.3 is 16.4 Å². The van der Waals surface area contributed by atoms with Crippen molar-refractivity contribution in [2.45, 2.75) is 32.4 Å². The number of halogens is 1. The lowest BCUT2D eigenvalue weighted by atomic mass is 10.1. The van der Waals surface area contributed by atoms with Gasteiger partial charge in [0.2, 0.25) is 5.82 Å². The van der Waals surface area contributed by atoms with Crippen LogP contribution in [0.25, 0.3) is 39.5 Å². The number of hydrogen-bond donors (Lipinski definition) is 3. The second-order valence-electron chi connectivity index (χ2n) is 10.5. The van der Waals surface area contributed by atoms with E-state index >= 15 is 0 Å². The summed E-state index contributed by atoms with van der Waals surface area (Å²) >= 11 is 0. The molecule has 0 saturated heterocycles. The van der Waals surface area contributed by atoms with Crippen LogP contribution in [0.15, 0.2) is 91.3 Å². The van der Waals surface area contributed by atoms with E-state index in [0.717, 1.165) is 36.2 Å². The normalized spacial score (nSPS) is 11.8. The number of nitrogens with one attached hydrogen (secondary N) is 2. The molecule has 2 aromatic carbocycles. The van der Waals surface area contributed by atoms with Gasteiger partial charge in [0.1, 0.15) is 29.0 Å². The molecule has 0 saturated carbocycles. The number of imidazole rings is 1. The summed E-state index contributed by atoms with van der Waals surface area (Å²) < 4.78 is 15.6. The number of nitrogen functional groups attached to an aromatic ring is 1. The summed E-state index contributed by atoms with van der Waals surface area (Å²) in [6.45, 7) is 3.62. The Labute approximate surface area is 259 Å². The van der Waals surface area contributed by atoms with Crippen LogP contribution in [-0.4, -0.2) is 42.1 Å². The van der Waals surface area contributed by atoms with Crippen molar-refractivity contribution in [2.75, 3.05) is 17.6 Å². The van der Waals surface area contributed by atoms with Gasteiger partial charge in [0.25, 0.3) is 0 Å². The lowest BCUT2D eigenvalue weighted by Gasteiger charge is -2.18. The number of nitrogens with two attached hydrogens (primary N) is 1. The number of nitrogens with zero attached hydrogens (tertiary/aromatic N) is 7. The predicted molar refractivity (Wildman–Crippen MR) is 173 cm³/mol. The fourth-order valence-corrected chi connectivity index (χ4v) is 5.12. The Balaban J connectivity index is 1.21. The zero-order valence-corrected chi connectivity index (χ0v) is 24.7. The molecule has 4 aromatic heterocycles. The minimum atomic E-state index is -0.298. The van der Waals surface area contributed by atoms with Gasteiger partial charge in [0.05, 0.1) is 11.3 Å². The second kappa shape index (κ2) is 13.3. The Bertz CT molecular complexity index is 1960. The number of pyridine rings is 2. The highest BCUT2D eigenvalue weighted by atomic mass is 19.1. The maximum absolute atomic E-state index is 13.6. The molecule has 11 heteroatoms.